The lowest BCUT2D eigenvalue weighted by molar-refractivity contribution is -0.105. The predicted octanol–water partition coefficient (Wildman–Crippen LogP) is 3.90. The van der Waals surface area contributed by atoms with Crippen LogP contribution < -0.4 is 9.47 Å². The van der Waals surface area contributed by atoms with E-state index in [1.807, 2.05) is 0 Å². The van der Waals surface area contributed by atoms with E-state index in [9.17, 15) is 9.50 Å². The van der Waals surface area contributed by atoms with Crippen molar-refractivity contribution in [3.05, 3.63) is 47.8 Å². The Balaban J connectivity index is 2.00. The molecule has 1 aliphatic heterocycles. The third-order valence-electron chi connectivity index (χ3n) is 4.09. The van der Waals surface area contributed by atoms with Crippen LogP contribution in [0.4, 0.5) is 4.39 Å². The number of aliphatic hydroxyl groups excluding tert-OH is 1. The Hall–Kier alpha value is -2.11. The summed E-state index contributed by atoms with van der Waals surface area (Å²) in [4.78, 5) is 0. The molecule has 0 bridgehead atoms. The van der Waals surface area contributed by atoms with Crippen LogP contribution in [0.3, 0.4) is 0 Å². The van der Waals surface area contributed by atoms with Gasteiger partial charge in [-0.2, -0.15) is 0 Å². The molecule has 1 unspecified atom stereocenters. The molecule has 1 atom stereocenters. The quantitative estimate of drug-likeness (QED) is 0.902. The maximum absolute atomic E-state index is 14.3. The topological polar surface area (TPSA) is 47.9 Å². The first-order valence-electron chi connectivity index (χ1n) is 8.07. The summed E-state index contributed by atoms with van der Waals surface area (Å²) in [6.45, 7) is 0.552. The molecule has 5 heteroatoms. The van der Waals surface area contributed by atoms with Crippen molar-refractivity contribution in [2.45, 2.75) is 32.2 Å². The molecule has 2 aromatic carbocycles. The average Bonchev–Trinajstić information content (AvgIpc) is 2.63. The van der Waals surface area contributed by atoms with Crippen LogP contribution in [0.15, 0.2) is 36.4 Å². The molecule has 0 aromatic heterocycles. The molecule has 0 aliphatic carbocycles. The van der Waals surface area contributed by atoms with Gasteiger partial charge in [-0.25, -0.2) is 4.39 Å². The fourth-order valence-electron chi connectivity index (χ4n) is 2.77. The smallest absolute Gasteiger partial charge is 0.199 e. The zero-order valence-corrected chi connectivity index (χ0v) is 13.6. The van der Waals surface area contributed by atoms with E-state index < -0.39 is 0 Å². The summed E-state index contributed by atoms with van der Waals surface area (Å²) in [7, 11) is 1.54. The van der Waals surface area contributed by atoms with Crippen molar-refractivity contribution in [1.82, 2.24) is 0 Å². The van der Waals surface area contributed by atoms with Crippen molar-refractivity contribution in [3.8, 4) is 22.6 Å². The lowest BCUT2D eigenvalue weighted by Gasteiger charge is -2.25. The summed E-state index contributed by atoms with van der Waals surface area (Å²) in [6, 6.07) is 9.81. The minimum Gasteiger partial charge on any atom is -0.497 e. The second-order valence-electron chi connectivity index (χ2n) is 5.75. The van der Waals surface area contributed by atoms with Gasteiger partial charge in [0.05, 0.1) is 20.3 Å². The molecule has 1 saturated heterocycles. The van der Waals surface area contributed by atoms with Crippen LogP contribution in [0.5, 0.6) is 11.5 Å². The van der Waals surface area contributed by atoms with E-state index in [2.05, 4.69) is 0 Å². The fourth-order valence-corrected chi connectivity index (χ4v) is 2.77. The second kappa shape index (κ2) is 7.64. The van der Waals surface area contributed by atoms with Crippen molar-refractivity contribution in [3.63, 3.8) is 0 Å². The lowest BCUT2D eigenvalue weighted by Crippen LogP contribution is -2.25. The molecule has 128 valence electrons. The Morgan fingerprint density at radius 3 is 2.75 bits per heavy atom. The van der Waals surface area contributed by atoms with Gasteiger partial charge in [-0.05, 0) is 42.7 Å². The standard InChI is InChI=1S/C19H21FO4/c1-22-14-6-8-17(20)16(11-14)15-7-5-13(12-21)10-18(15)24-19-4-2-3-9-23-19/h5-8,10-11,19,21H,2-4,9,12H2,1H3. The normalized spacial score (nSPS) is 17.5. The largest absolute Gasteiger partial charge is 0.497 e. The minimum atomic E-state index is -0.359. The van der Waals surface area contributed by atoms with E-state index in [-0.39, 0.29) is 18.7 Å². The van der Waals surface area contributed by atoms with Gasteiger partial charge in [0.25, 0.3) is 0 Å². The van der Waals surface area contributed by atoms with E-state index in [0.29, 0.717) is 34.8 Å². The lowest BCUT2D eigenvalue weighted by atomic mass is 10.0. The summed E-state index contributed by atoms with van der Waals surface area (Å²) < 4.78 is 31.1. The number of benzene rings is 2. The van der Waals surface area contributed by atoms with Gasteiger partial charge < -0.3 is 19.3 Å². The molecular formula is C19H21FO4. The molecule has 3 rings (SSSR count). The number of hydrogen-bond donors (Lipinski definition) is 1. The highest BCUT2D eigenvalue weighted by Crippen LogP contribution is 2.36. The molecule has 1 N–H and O–H groups in total. The third-order valence-corrected chi connectivity index (χ3v) is 4.09. The van der Waals surface area contributed by atoms with Gasteiger partial charge in [0.2, 0.25) is 0 Å². The van der Waals surface area contributed by atoms with Crippen molar-refractivity contribution in [1.29, 1.82) is 0 Å². The number of halogens is 1. The minimum absolute atomic E-state index is 0.108. The van der Waals surface area contributed by atoms with Crippen LogP contribution in [0.2, 0.25) is 0 Å². The zero-order valence-electron chi connectivity index (χ0n) is 13.6. The van der Waals surface area contributed by atoms with Gasteiger partial charge >= 0.3 is 0 Å². The molecule has 4 nitrogen and oxygen atoms in total. The molecule has 1 heterocycles. The summed E-state index contributed by atoms with van der Waals surface area (Å²) in [5, 5.41) is 9.39. The molecule has 0 saturated carbocycles. The average molecular weight is 332 g/mol. The number of ether oxygens (including phenoxy) is 3. The van der Waals surface area contributed by atoms with Crippen molar-refractivity contribution >= 4 is 0 Å². The number of methoxy groups -OCH3 is 1. The van der Waals surface area contributed by atoms with E-state index in [1.54, 1.807) is 37.4 Å². The SMILES string of the molecule is COc1ccc(F)c(-c2ccc(CO)cc2OC2CCCCO2)c1. The first-order chi connectivity index (χ1) is 11.7. The Kier molecular flexibility index (Phi) is 5.33. The molecule has 0 radical (unpaired) electrons. The Morgan fingerprint density at radius 2 is 2.04 bits per heavy atom. The first kappa shape index (κ1) is 16.7. The molecule has 0 amide bonds. The predicted molar refractivity (Wildman–Crippen MR) is 88.5 cm³/mol. The first-order valence-corrected chi connectivity index (χ1v) is 8.07. The third kappa shape index (κ3) is 3.68. The van der Waals surface area contributed by atoms with E-state index in [1.165, 1.54) is 6.07 Å². The number of hydrogen-bond acceptors (Lipinski definition) is 4. The van der Waals surface area contributed by atoms with Crippen molar-refractivity contribution < 1.29 is 23.7 Å². The molecule has 0 spiro atoms. The van der Waals surface area contributed by atoms with Crippen LogP contribution in [0, 0.1) is 5.82 Å². The van der Waals surface area contributed by atoms with Crippen LogP contribution in [0.1, 0.15) is 24.8 Å². The number of aliphatic hydroxyl groups is 1. The van der Waals surface area contributed by atoms with E-state index in [0.717, 1.165) is 19.3 Å². The van der Waals surface area contributed by atoms with E-state index in [4.69, 9.17) is 14.2 Å². The van der Waals surface area contributed by atoms with Crippen LogP contribution in [-0.2, 0) is 11.3 Å². The molecular weight excluding hydrogens is 311 g/mol. The monoisotopic (exact) mass is 332 g/mol. The maximum Gasteiger partial charge on any atom is 0.199 e. The summed E-state index contributed by atoms with van der Waals surface area (Å²) >= 11 is 0. The van der Waals surface area contributed by atoms with Crippen molar-refractivity contribution in [2.75, 3.05) is 13.7 Å². The molecule has 1 aliphatic rings. The fraction of sp³-hybridized carbons (Fsp3) is 0.368. The van der Waals surface area contributed by atoms with Gasteiger partial charge in [-0.1, -0.05) is 12.1 Å². The Labute approximate surface area is 140 Å². The highest BCUT2D eigenvalue weighted by molar-refractivity contribution is 5.72. The second-order valence-corrected chi connectivity index (χ2v) is 5.75. The van der Waals surface area contributed by atoms with Gasteiger partial charge in [0.1, 0.15) is 17.3 Å². The number of rotatable bonds is 5. The van der Waals surface area contributed by atoms with Crippen LogP contribution in [-0.4, -0.2) is 25.1 Å². The maximum atomic E-state index is 14.3. The molecule has 2 aromatic rings. The Morgan fingerprint density at radius 1 is 1.17 bits per heavy atom. The van der Waals surface area contributed by atoms with Crippen LogP contribution >= 0.6 is 0 Å². The highest BCUT2D eigenvalue weighted by Gasteiger charge is 2.19. The van der Waals surface area contributed by atoms with Crippen LogP contribution in [0.25, 0.3) is 11.1 Å². The summed E-state index contributed by atoms with van der Waals surface area (Å²) in [5.74, 6) is 0.708. The summed E-state index contributed by atoms with van der Waals surface area (Å²) in [6.07, 6.45) is 2.50. The van der Waals surface area contributed by atoms with Crippen molar-refractivity contribution in [2.24, 2.45) is 0 Å². The molecule has 1 fully saturated rings. The van der Waals surface area contributed by atoms with Gasteiger partial charge in [-0.15, -0.1) is 0 Å². The van der Waals surface area contributed by atoms with Gasteiger partial charge in [0.15, 0.2) is 6.29 Å². The van der Waals surface area contributed by atoms with E-state index >= 15 is 0 Å². The van der Waals surface area contributed by atoms with Gasteiger partial charge in [0, 0.05) is 17.5 Å². The summed E-state index contributed by atoms with van der Waals surface area (Å²) in [5.41, 5.74) is 1.70. The molecule has 24 heavy (non-hydrogen) atoms. The highest BCUT2D eigenvalue weighted by atomic mass is 19.1. The van der Waals surface area contributed by atoms with Gasteiger partial charge in [-0.3, -0.25) is 0 Å². The zero-order chi connectivity index (χ0) is 16.9. The Bertz CT molecular complexity index is 696.